The van der Waals surface area contributed by atoms with E-state index in [2.05, 4.69) is 4.98 Å². The molecule has 2 aromatic carbocycles. The number of benzene rings is 2. The Balaban J connectivity index is 1.67. The Hall–Kier alpha value is -4.38. The topological polar surface area (TPSA) is 127 Å². The van der Waals surface area contributed by atoms with Crippen LogP contribution in [0.3, 0.4) is 0 Å². The van der Waals surface area contributed by atoms with E-state index in [4.69, 9.17) is 4.42 Å². The summed E-state index contributed by atoms with van der Waals surface area (Å²) in [4.78, 5) is 42.5. The monoisotopic (exact) mass is 479 g/mol. The van der Waals surface area contributed by atoms with E-state index < -0.39 is 34.2 Å². The first-order valence-corrected chi connectivity index (χ1v) is 10.7. The lowest BCUT2D eigenvalue weighted by Gasteiger charge is -2.24. The molecular formula is C23H14FN3O6S. The van der Waals surface area contributed by atoms with Gasteiger partial charge in [-0.25, -0.2) is 9.37 Å². The van der Waals surface area contributed by atoms with Gasteiger partial charge in [0, 0.05) is 12.1 Å². The number of hydrogen-bond donors (Lipinski definition) is 1. The third-order valence-corrected chi connectivity index (χ3v) is 6.40. The number of anilines is 1. The fourth-order valence-electron chi connectivity index (χ4n) is 3.81. The molecule has 11 heteroatoms. The van der Waals surface area contributed by atoms with Gasteiger partial charge in [-0.3, -0.25) is 24.6 Å². The third-order valence-electron chi connectivity index (χ3n) is 5.38. The number of nitro benzene ring substituents is 1. The number of aromatic nitrogens is 1. The summed E-state index contributed by atoms with van der Waals surface area (Å²) in [5.41, 5.74) is 0.328. The molecule has 34 heavy (non-hydrogen) atoms. The van der Waals surface area contributed by atoms with Crippen LogP contribution in [0.25, 0.3) is 10.2 Å². The molecule has 5 rings (SSSR count). The molecule has 2 aromatic heterocycles. The number of ketones is 1. The van der Waals surface area contributed by atoms with Gasteiger partial charge < -0.3 is 9.52 Å². The van der Waals surface area contributed by atoms with Gasteiger partial charge in [-0.05, 0) is 55.0 Å². The van der Waals surface area contributed by atoms with Crippen molar-refractivity contribution in [2.24, 2.45) is 0 Å². The van der Waals surface area contributed by atoms with Crippen molar-refractivity contribution in [1.82, 2.24) is 4.98 Å². The van der Waals surface area contributed by atoms with Crippen LogP contribution in [-0.2, 0) is 4.79 Å². The summed E-state index contributed by atoms with van der Waals surface area (Å²) in [5, 5.41) is 22.0. The van der Waals surface area contributed by atoms with Crippen molar-refractivity contribution < 1.29 is 28.4 Å². The number of thiazole rings is 1. The maximum absolute atomic E-state index is 13.7. The molecule has 0 saturated carbocycles. The number of aryl methyl sites for hydroxylation is 1. The van der Waals surface area contributed by atoms with E-state index >= 15 is 0 Å². The number of carbonyl (C=O) groups is 2. The first-order valence-electron chi connectivity index (χ1n) is 9.93. The van der Waals surface area contributed by atoms with Crippen LogP contribution in [0.15, 0.2) is 70.3 Å². The number of amides is 1. The fourth-order valence-corrected chi connectivity index (χ4v) is 4.82. The van der Waals surface area contributed by atoms with Crippen molar-refractivity contribution in [3.63, 3.8) is 0 Å². The number of aliphatic hydroxyl groups excluding tert-OH is 1. The summed E-state index contributed by atoms with van der Waals surface area (Å²) in [7, 11) is 0. The van der Waals surface area contributed by atoms with Gasteiger partial charge in [-0.2, -0.15) is 0 Å². The Morgan fingerprint density at radius 2 is 1.94 bits per heavy atom. The zero-order chi connectivity index (χ0) is 24.1. The van der Waals surface area contributed by atoms with E-state index in [-0.39, 0.29) is 22.2 Å². The molecule has 9 nitrogen and oxygen atoms in total. The number of hydrogen-bond acceptors (Lipinski definition) is 8. The van der Waals surface area contributed by atoms with Gasteiger partial charge in [0.05, 0.1) is 26.8 Å². The summed E-state index contributed by atoms with van der Waals surface area (Å²) >= 11 is 1.01. The zero-order valence-electron chi connectivity index (χ0n) is 17.4. The highest BCUT2D eigenvalue weighted by atomic mass is 32.1. The number of fused-ring (bicyclic) bond motifs is 1. The van der Waals surface area contributed by atoms with Gasteiger partial charge in [0.1, 0.15) is 11.6 Å². The lowest BCUT2D eigenvalue weighted by molar-refractivity contribution is -0.384. The van der Waals surface area contributed by atoms with E-state index in [1.54, 1.807) is 13.0 Å². The Labute approximate surface area is 194 Å². The maximum atomic E-state index is 13.7. The molecule has 0 spiro atoms. The van der Waals surface area contributed by atoms with E-state index in [9.17, 15) is 29.2 Å². The summed E-state index contributed by atoms with van der Waals surface area (Å²) in [6, 6.07) is 11.1. The molecule has 3 heterocycles. The molecular weight excluding hydrogens is 465 g/mol. The number of furan rings is 1. The molecule has 170 valence electrons. The number of aliphatic hydroxyl groups is 1. The normalized spacial score (nSPS) is 16.0. The number of nitrogens with zero attached hydrogens (tertiary/aromatic N) is 3. The Bertz CT molecular complexity index is 1520. The number of non-ortho nitro benzene ring substituents is 1. The van der Waals surface area contributed by atoms with Crippen molar-refractivity contribution in [2.75, 3.05) is 4.90 Å². The van der Waals surface area contributed by atoms with Crippen LogP contribution in [0.2, 0.25) is 0 Å². The average molecular weight is 479 g/mol. The minimum Gasteiger partial charge on any atom is -0.503 e. The lowest BCUT2D eigenvalue weighted by Crippen LogP contribution is -2.30. The lowest BCUT2D eigenvalue weighted by atomic mass is 9.95. The quantitative estimate of drug-likeness (QED) is 0.242. The van der Waals surface area contributed by atoms with Gasteiger partial charge in [-0.15, -0.1) is 0 Å². The molecule has 1 amide bonds. The van der Waals surface area contributed by atoms with Crippen LogP contribution >= 0.6 is 11.3 Å². The molecule has 1 aliphatic rings. The summed E-state index contributed by atoms with van der Waals surface area (Å²) < 4.78 is 19.6. The molecule has 0 radical (unpaired) electrons. The smallest absolute Gasteiger partial charge is 0.296 e. The highest BCUT2D eigenvalue weighted by molar-refractivity contribution is 7.22. The van der Waals surface area contributed by atoms with Crippen molar-refractivity contribution in [3.8, 4) is 0 Å². The Morgan fingerprint density at radius 3 is 2.59 bits per heavy atom. The van der Waals surface area contributed by atoms with Crippen molar-refractivity contribution in [2.45, 2.75) is 13.0 Å². The third kappa shape index (κ3) is 3.42. The van der Waals surface area contributed by atoms with Gasteiger partial charge in [0.15, 0.2) is 16.7 Å². The highest BCUT2D eigenvalue weighted by Crippen LogP contribution is 2.44. The van der Waals surface area contributed by atoms with Crippen molar-refractivity contribution in [3.05, 3.63) is 98.9 Å². The van der Waals surface area contributed by atoms with E-state index in [1.165, 1.54) is 48.5 Å². The van der Waals surface area contributed by atoms with Gasteiger partial charge in [-0.1, -0.05) is 11.3 Å². The summed E-state index contributed by atoms with van der Waals surface area (Å²) in [5.74, 6) is -2.47. The Morgan fingerprint density at radius 1 is 1.21 bits per heavy atom. The largest absolute Gasteiger partial charge is 0.503 e. The SMILES string of the molecule is Cc1ccc(C(=O)C2=C(O)C(=O)N(c3nc4ccc(F)cc4s3)C2c2ccc([N+](=O)[O-])cc2)o1. The second kappa shape index (κ2) is 7.89. The van der Waals surface area contributed by atoms with Crippen LogP contribution in [0.1, 0.15) is 27.9 Å². The summed E-state index contributed by atoms with van der Waals surface area (Å²) in [6.07, 6.45) is 0. The Kier molecular flexibility index (Phi) is 4.98. The van der Waals surface area contributed by atoms with Crippen LogP contribution in [-0.4, -0.2) is 26.7 Å². The van der Waals surface area contributed by atoms with Gasteiger partial charge in [0.25, 0.3) is 11.6 Å². The molecule has 0 fully saturated rings. The number of Topliss-reactive ketones (excluding diaryl/α,β-unsaturated/α-hetero) is 1. The zero-order valence-corrected chi connectivity index (χ0v) is 18.2. The second-order valence-corrected chi connectivity index (χ2v) is 8.55. The van der Waals surface area contributed by atoms with E-state index in [1.807, 2.05) is 0 Å². The summed E-state index contributed by atoms with van der Waals surface area (Å²) in [6.45, 7) is 1.64. The average Bonchev–Trinajstić information content (AvgIpc) is 3.49. The molecule has 1 unspecified atom stereocenters. The minimum atomic E-state index is -1.14. The van der Waals surface area contributed by atoms with Crippen LogP contribution < -0.4 is 4.90 Å². The van der Waals surface area contributed by atoms with Crippen LogP contribution in [0.4, 0.5) is 15.2 Å². The predicted molar refractivity (Wildman–Crippen MR) is 120 cm³/mol. The standard InChI is InChI=1S/C23H14FN3O6S/c1-11-2-9-16(33-11)20(28)18-19(12-3-6-14(7-4-12)27(31)32)26(22(30)21(18)29)23-25-15-8-5-13(24)10-17(15)34-23/h2-10,19,29H,1H3. The number of rotatable bonds is 5. The number of halogens is 1. The highest BCUT2D eigenvalue weighted by Gasteiger charge is 2.46. The molecule has 1 aliphatic heterocycles. The van der Waals surface area contributed by atoms with Gasteiger partial charge >= 0.3 is 0 Å². The maximum Gasteiger partial charge on any atom is 0.296 e. The fraction of sp³-hybridized carbons (Fsp3) is 0.0870. The molecule has 0 aliphatic carbocycles. The number of nitro groups is 1. The van der Waals surface area contributed by atoms with Crippen LogP contribution in [0.5, 0.6) is 0 Å². The minimum absolute atomic E-state index is 0.0769. The van der Waals surface area contributed by atoms with Gasteiger partial charge in [0.2, 0.25) is 5.78 Å². The van der Waals surface area contributed by atoms with Crippen LogP contribution in [0, 0.1) is 22.9 Å². The van der Waals surface area contributed by atoms with E-state index in [0.29, 0.717) is 21.5 Å². The van der Waals surface area contributed by atoms with Crippen molar-refractivity contribution >= 4 is 44.1 Å². The molecule has 0 bridgehead atoms. The second-order valence-electron chi connectivity index (χ2n) is 7.54. The molecule has 1 atom stereocenters. The first kappa shape index (κ1) is 21.5. The number of carbonyl (C=O) groups excluding carboxylic acids is 2. The molecule has 4 aromatic rings. The first-order chi connectivity index (χ1) is 16.2. The molecule has 1 N–H and O–H groups in total. The van der Waals surface area contributed by atoms with Crippen molar-refractivity contribution in [1.29, 1.82) is 0 Å². The molecule has 0 saturated heterocycles. The van der Waals surface area contributed by atoms with E-state index in [0.717, 1.165) is 16.2 Å². The predicted octanol–water partition coefficient (Wildman–Crippen LogP) is 5.03.